The quantitative estimate of drug-likeness (QED) is 0.463. The molecular weight excluding hydrogens is 210 g/mol. The van der Waals surface area contributed by atoms with E-state index in [4.69, 9.17) is 16.3 Å². The van der Waals surface area contributed by atoms with Gasteiger partial charge in [0.1, 0.15) is 0 Å². The molecule has 0 unspecified atom stereocenters. The Morgan fingerprint density at radius 2 is 2.13 bits per heavy atom. The standard InChI is InChI=1S/C12H24ClNO/c1-2-3-9-15-10-8-14-11-12(4-5-12)6-7-13/h14H,2-11H2,1H3. The number of alkyl halides is 1. The van der Waals surface area contributed by atoms with E-state index in [0.717, 1.165) is 38.6 Å². The molecule has 1 saturated carbocycles. The molecule has 0 heterocycles. The Hall–Kier alpha value is 0.210. The zero-order chi connectivity index (χ0) is 11.0. The first kappa shape index (κ1) is 13.3. The maximum absolute atomic E-state index is 5.77. The first-order valence-electron chi connectivity index (χ1n) is 6.17. The van der Waals surface area contributed by atoms with Gasteiger partial charge in [-0.05, 0) is 31.1 Å². The summed E-state index contributed by atoms with van der Waals surface area (Å²) >= 11 is 5.77. The third kappa shape index (κ3) is 5.74. The van der Waals surface area contributed by atoms with E-state index in [-0.39, 0.29) is 0 Å². The SMILES string of the molecule is CCCCOCCNCC1(CCCl)CC1. The average Bonchev–Trinajstić information content (AvgIpc) is 2.98. The molecule has 15 heavy (non-hydrogen) atoms. The number of halogens is 1. The molecule has 3 heteroatoms. The molecule has 0 aromatic heterocycles. The van der Waals surface area contributed by atoms with Crippen molar-refractivity contribution in [1.29, 1.82) is 0 Å². The predicted octanol–water partition coefficient (Wildman–Crippen LogP) is 2.80. The Kier molecular flexibility index (Phi) is 6.62. The van der Waals surface area contributed by atoms with Crippen LogP contribution in [-0.2, 0) is 4.74 Å². The molecule has 0 atom stereocenters. The highest BCUT2D eigenvalue weighted by Gasteiger charge is 2.40. The van der Waals surface area contributed by atoms with E-state index in [1.807, 2.05) is 0 Å². The fourth-order valence-electron chi connectivity index (χ4n) is 1.74. The predicted molar refractivity (Wildman–Crippen MR) is 65.6 cm³/mol. The van der Waals surface area contributed by atoms with Crippen molar-refractivity contribution in [3.05, 3.63) is 0 Å². The minimum atomic E-state index is 0.547. The topological polar surface area (TPSA) is 21.3 Å². The molecule has 1 aliphatic rings. The van der Waals surface area contributed by atoms with Gasteiger partial charge in [-0.15, -0.1) is 11.6 Å². The summed E-state index contributed by atoms with van der Waals surface area (Å²) in [7, 11) is 0. The monoisotopic (exact) mass is 233 g/mol. The number of unbranched alkanes of at least 4 members (excludes halogenated alkanes) is 1. The van der Waals surface area contributed by atoms with Crippen molar-refractivity contribution in [2.45, 2.75) is 39.0 Å². The largest absolute Gasteiger partial charge is 0.380 e. The smallest absolute Gasteiger partial charge is 0.0590 e. The molecule has 1 N–H and O–H groups in total. The van der Waals surface area contributed by atoms with Gasteiger partial charge in [-0.2, -0.15) is 0 Å². The zero-order valence-corrected chi connectivity index (χ0v) is 10.6. The van der Waals surface area contributed by atoms with Crippen molar-refractivity contribution in [3.63, 3.8) is 0 Å². The van der Waals surface area contributed by atoms with Gasteiger partial charge >= 0.3 is 0 Å². The van der Waals surface area contributed by atoms with E-state index in [1.54, 1.807) is 0 Å². The molecule has 0 saturated heterocycles. The molecule has 2 nitrogen and oxygen atoms in total. The highest BCUT2D eigenvalue weighted by Crippen LogP contribution is 2.48. The summed E-state index contributed by atoms with van der Waals surface area (Å²) in [5.74, 6) is 0.800. The summed E-state index contributed by atoms with van der Waals surface area (Å²) < 4.78 is 5.48. The van der Waals surface area contributed by atoms with Crippen LogP contribution in [0.2, 0.25) is 0 Å². The molecule has 0 aromatic rings. The van der Waals surface area contributed by atoms with Crippen molar-refractivity contribution in [2.75, 3.05) is 32.2 Å². The summed E-state index contributed by atoms with van der Waals surface area (Å²) in [6.07, 6.45) is 6.26. The molecule has 0 aromatic carbocycles. The first-order chi connectivity index (χ1) is 7.33. The van der Waals surface area contributed by atoms with Crippen molar-refractivity contribution in [1.82, 2.24) is 5.32 Å². The van der Waals surface area contributed by atoms with E-state index in [9.17, 15) is 0 Å². The van der Waals surface area contributed by atoms with Crippen LogP contribution < -0.4 is 5.32 Å². The molecule has 1 aliphatic carbocycles. The van der Waals surface area contributed by atoms with Gasteiger partial charge in [-0.25, -0.2) is 0 Å². The van der Waals surface area contributed by atoms with E-state index in [1.165, 1.54) is 25.7 Å². The minimum absolute atomic E-state index is 0.547. The van der Waals surface area contributed by atoms with Crippen LogP contribution in [0.1, 0.15) is 39.0 Å². The van der Waals surface area contributed by atoms with Crippen LogP contribution >= 0.6 is 11.6 Å². The highest BCUT2D eigenvalue weighted by atomic mass is 35.5. The van der Waals surface area contributed by atoms with Crippen LogP contribution in [-0.4, -0.2) is 32.2 Å². The van der Waals surface area contributed by atoms with Gasteiger partial charge in [0.15, 0.2) is 0 Å². The minimum Gasteiger partial charge on any atom is -0.380 e. The van der Waals surface area contributed by atoms with Crippen LogP contribution in [0.15, 0.2) is 0 Å². The third-order valence-corrected chi connectivity index (χ3v) is 3.34. The first-order valence-corrected chi connectivity index (χ1v) is 6.71. The van der Waals surface area contributed by atoms with Gasteiger partial charge in [0, 0.05) is 25.6 Å². The molecule has 0 bridgehead atoms. The lowest BCUT2D eigenvalue weighted by atomic mass is 10.0. The summed E-state index contributed by atoms with van der Waals surface area (Å²) in [5.41, 5.74) is 0.547. The Labute approximate surface area is 98.7 Å². The molecule has 0 aliphatic heterocycles. The Morgan fingerprint density at radius 3 is 2.73 bits per heavy atom. The maximum atomic E-state index is 5.77. The van der Waals surface area contributed by atoms with Crippen molar-refractivity contribution in [2.24, 2.45) is 5.41 Å². The van der Waals surface area contributed by atoms with E-state index >= 15 is 0 Å². The third-order valence-electron chi connectivity index (χ3n) is 3.15. The van der Waals surface area contributed by atoms with Crippen LogP contribution in [0.25, 0.3) is 0 Å². The van der Waals surface area contributed by atoms with Crippen LogP contribution in [0.4, 0.5) is 0 Å². The second kappa shape index (κ2) is 7.48. The summed E-state index contributed by atoms with van der Waals surface area (Å²) in [6.45, 7) is 6.04. The van der Waals surface area contributed by atoms with Gasteiger partial charge in [0.2, 0.25) is 0 Å². The normalized spacial score (nSPS) is 18.0. The van der Waals surface area contributed by atoms with Crippen LogP contribution in [0, 0.1) is 5.41 Å². The number of hydrogen-bond acceptors (Lipinski definition) is 2. The highest BCUT2D eigenvalue weighted by molar-refractivity contribution is 6.17. The number of ether oxygens (including phenoxy) is 1. The van der Waals surface area contributed by atoms with Crippen molar-refractivity contribution in [3.8, 4) is 0 Å². The Bertz CT molecular complexity index is 160. The molecule has 1 rings (SSSR count). The summed E-state index contributed by atoms with van der Waals surface area (Å²) in [4.78, 5) is 0. The van der Waals surface area contributed by atoms with Gasteiger partial charge in [-0.1, -0.05) is 13.3 Å². The van der Waals surface area contributed by atoms with E-state index < -0.39 is 0 Å². The molecule has 90 valence electrons. The lowest BCUT2D eigenvalue weighted by Crippen LogP contribution is -2.27. The van der Waals surface area contributed by atoms with Gasteiger partial charge < -0.3 is 10.1 Å². The van der Waals surface area contributed by atoms with Gasteiger partial charge in [0.25, 0.3) is 0 Å². The van der Waals surface area contributed by atoms with E-state index in [0.29, 0.717) is 5.41 Å². The van der Waals surface area contributed by atoms with Gasteiger partial charge in [-0.3, -0.25) is 0 Å². The van der Waals surface area contributed by atoms with Crippen LogP contribution in [0.5, 0.6) is 0 Å². The maximum Gasteiger partial charge on any atom is 0.0590 e. The second-order valence-corrected chi connectivity index (χ2v) is 4.96. The molecule has 1 fully saturated rings. The lowest BCUT2D eigenvalue weighted by Gasteiger charge is -2.14. The van der Waals surface area contributed by atoms with Gasteiger partial charge in [0.05, 0.1) is 6.61 Å². The summed E-state index contributed by atoms with van der Waals surface area (Å²) in [6, 6.07) is 0. The zero-order valence-electron chi connectivity index (χ0n) is 9.86. The number of rotatable bonds is 10. The molecule has 0 radical (unpaired) electrons. The Morgan fingerprint density at radius 1 is 1.33 bits per heavy atom. The average molecular weight is 234 g/mol. The number of hydrogen-bond donors (Lipinski definition) is 1. The van der Waals surface area contributed by atoms with E-state index in [2.05, 4.69) is 12.2 Å². The molecular formula is C12H24ClNO. The van der Waals surface area contributed by atoms with Crippen LogP contribution in [0.3, 0.4) is 0 Å². The fraction of sp³-hybridized carbons (Fsp3) is 1.00. The van der Waals surface area contributed by atoms with Crippen molar-refractivity contribution < 1.29 is 4.74 Å². The second-order valence-electron chi connectivity index (χ2n) is 4.58. The molecule has 0 amide bonds. The molecule has 0 spiro atoms. The lowest BCUT2D eigenvalue weighted by molar-refractivity contribution is 0.132. The summed E-state index contributed by atoms with van der Waals surface area (Å²) in [5, 5.41) is 3.47. The fourth-order valence-corrected chi connectivity index (χ4v) is 2.14. The number of nitrogens with one attached hydrogen (secondary N) is 1. The van der Waals surface area contributed by atoms with Crippen molar-refractivity contribution >= 4 is 11.6 Å². The Balaban J connectivity index is 1.84.